The van der Waals surface area contributed by atoms with Gasteiger partial charge in [0.25, 0.3) is 0 Å². The molecule has 0 aliphatic rings. The maximum Gasteiger partial charge on any atom is 0.129 e. The van der Waals surface area contributed by atoms with Gasteiger partial charge in [0.05, 0.1) is 0 Å². The van der Waals surface area contributed by atoms with Crippen molar-refractivity contribution in [3.63, 3.8) is 0 Å². The highest BCUT2D eigenvalue weighted by atomic mass is 19.1. The van der Waals surface area contributed by atoms with E-state index in [0.717, 1.165) is 18.5 Å². The topological polar surface area (TPSA) is 12.0 Å². The van der Waals surface area contributed by atoms with Crippen LogP contribution in [0, 0.1) is 19.7 Å². The Morgan fingerprint density at radius 3 is 2.40 bits per heavy atom. The first-order chi connectivity index (χ1) is 7.15. The van der Waals surface area contributed by atoms with Crippen LogP contribution in [-0.4, -0.2) is 13.6 Å². The molecule has 0 aliphatic carbocycles. The average molecular weight is 207 g/mol. The average Bonchev–Trinajstić information content (AvgIpc) is 2.21. The maximum absolute atomic E-state index is 13.3. The molecule has 1 aromatic rings. The Balaban J connectivity index is 2.74. The number of benzene rings is 1. The predicted octanol–water partition coefficient (Wildman–Crippen LogP) is 3.07. The van der Waals surface area contributed by atoms with Crippen LogP contribution in [0.25, 0.3) is 6.08 Å². The number of nitrogens with one attached hydrogen (secondary N) is 1. The fourth-order valence-corrected chi connectivity index (χ4v) is 1.52. The zero-order valence-electron chi connectivity index (χ0n) is 9.60. The van der Waals surface area contributed by atoms with E-state index in [-0.39, 0.29) is 5.82 Å². The Morgan fingerprint density at radius 1 is 1.27 bits per heavy atom. The van der Waals surface area contributed by atoms with Crippen molar-refractivity contribution in [1.29, 1.82) is 0 Å². The lowest BCUT2D eigenvalue weighted by Crippen LogP contribution is -2.05. The first kappa shape index (κ1) is 11.9. The van der Waals surface area contributed by atoms with Crippen LogP contribution in [0.3, 0.4) is 0 Å². The van der Waals surface area contributed by atoms with E-state index in [1.165, 1.54) is 0 Å². The highest BCUT2D eigenvalue weighted by Crippen LogP contribution is 2.15. The summed E-state index contributed by atoms with van der Waals surface area (Å²) in [6.45, 7) is 4.57. The summed E-state index contributed by atoms with van der Waals surface area (Å²) in [5.74, 6) is -0.0950. The van der Waals surface area contributed by atoms with Crippen molar-refractivity contribution in [2.24, 2.45) is 0 Å². The Hall–Kier alpha value is -1.15. The molecule has 2 heteroatoms. The molecule has 0 fully saturated rings. The normalized spacial score (nSPS) is 11.2. The second-order valence-electron chi connectivity index (χ2n) is 3.76. The van der Waals surface area contributed by atoms with Gasteiger partial charge in [0.15, 0.2) is 0 Å². The van der Waals surface area contributed by atoms with Crippen molar-refractivity contribution in [3.8, 4) is 0 Å². The van der Waals surface area contributed by atoms with Crippen LogP contribution in [0.2, 0.25) is 0 Å². The van der Waals surface area contributed by atoms with E-state index in [2.05, 4.69) is 11.4 Å². The molecule has 0 saturated carbocycles. The second-order valence-corrected chi connectivity index (χ2v) is 3.76. The van der Waals surface area contributed by atoms with E-state index in [9.17, 15) is 4.39 Å². The highest BCUT2D eigenvalue weighted by Gasteiger charge is 2.01. The standard InChI is InChI=1S/C13H18FN/c1-10-8-12(6-4-5-7-15-3)9-11(2)13(10)14/h4,6,8-9,15H,5,7H2,1-3H3. The minimum Gasteiger partial charge on any atom is -0.319 e. The molecule has 0 heterocycles. The van der Waals surface area contributed by atoms with Crippen LogP contribution >= 0.6 is 0 Å². The summed E-state index contributed by atoms with van der Waals surface area (Å²) in [4.78, 5) is 0. The van der Waals surface area contributed by atoms with Crippen LogP contribution in [-0.2, 0) is 0 Å². The molecule has 1 N–H and O–H groups in total. The smallest absolute Gasteiger partial charge is 0.129 e. The maximum atomic E-state index is 13.3. The number of halogens is 1. The Labute approximate surface area is 91.0 Å². The fourth-order valence-electron chi connectivity index (χ4n) is 1.52. The molecule has 0 saturated heterocycles. The van der Waals surface area contributed by atoms with E-state index >= 15 is 0 Å². The van der Waals surface area contributed by atoms with Gasteiger partial charge in [-0.05, 0) is 62.7 Å². The van der Waals surface area contributed by atoms with Gasteiger partial charge in [-0.3, -0.25) is 0 Å². The Bertz CT molecular complexity index is 333. The van der Waals surface area contributed by atoms with Crippen molar-refractivity contribution in [3.05, 3.63) is 40.7 Å². The van der Waals surface area contributed by atoms with E-state index in [4.69, 9.17) is 0 Å². The molecular formula is C13H18FN. The number of rotatable bonds is 4. The molecule has 82 valence electrons. The minimum absolute atomic E-state index is 0.0950. The number of hydrogen-bond acceptors (Lipinski definition) is 1. The van der Waals surface area contributed by atoms with Gasteiger partial charge < -0.3 is 5.32 Å². The van der Waals surface area contributed by atoms with Gasteiger partial charge in [0, 0.05) is 0 Å². The van der Waals surface area contributed by atoms with Crippen LogP contribution in [0.4, 0.5) is 4.39 Å². The Kier molecular flexibility index (Phi) is 4.50. The third-order valence-electron chi connectivity index (χ3n) is 2.33. The highest BCUT2D eigenvalue weighted by molar-refractivity contribution is 5.52. The van der Waals surface area contributed by atoms with Crippen molar-refractivity contribution >= 4 is 6.08 Å². The number of aryl methyl sites for hydroxylation is 2. The first-order valence-corrected chi connectivity index (χ1v) is 5.23. The van der Waals surface area contributed by atoms with E-state index < -0.39 is 0 Å². The largest absolute Gasteiger partial charge is 0.319 e. The van der Waals surface area contributed by atoms with Crippen LogP contribution in [0.1, 0.15) is 23.1 Å². The lowest BCUT2D eigenvalue weighted by molar-refractivity contribution is 0.609. The summed E-state index contributed by atoms with van der Waals surface area (Å²) >= 11 is 0. The monoisotopic (exact) mass is 207 g/mol. The molecule has 0 unspecified atom stereocenters. The molecule has 0 amide bonds. The van der Waals surface area contributed by atoms with Crippen molar-refractivity contribution < 1.29 is 4.39 Å². The van der Waals surface area contributed by atoms with Crippen molar-refractivity contribution in [2.75, 3.05) is 13.6 Å². The molecule has 0 aromatic heterocycles. The molecular weight excluding hydrogens is 189 g/mol. The quantitative estimate of drug-likeness (QED) is 0.748. The van der Waals surface area contributed by atoms with Gasteiger partial charge in [-0.15, -0.1) is 0 Å². The van der Waals surface area contributed by atoms with Crippen molar-refractivity contribution in [2.45, 2.75) is 20.3 Å². The van der Waals surface area contributed by atoms with Gasteiger partial charge in [-0.1, -0.05) is 12.2 Å². The van der Waals surface area contributed by atoms with Gasteiger partial charge in [0.2, 0.25) is 0 Å². The molecule has 0 aliphatic heterocycles. The summed E-state index contributed by atoms with van der Waals surface area (Å²) in [6.07, 6.45) is 5.13. The SMILES string of the molecule is CNCCC=Cc1cc(C)c(F)c(C)c1. The van der Waals surface area contributed by atoms with E-state index in [1.807, 2.05) is 25.3 Å². The minimum atomic E-state index is -0.0950. The van der Waals surface area contributed by atoms with Crippen LogP contribution in [0.5, 0.6) is 0 Å². The molecule has 1 nitrogen and oxygen atoms in total. The van der Waals surface area contributed by atoms with Crippen LogP contribution < -0.4 is 5.32 Å². The van der Waals surface area contributed by atoms with Crippen LogP contribution in [0.15, 0.2) is 18.2 Å². The fraction of sp³-hybridized carbons (Fsp3) is 0.385. The zero-order chi connectivity index (χ0) is 11.3. The summed E-state index contributed by atoms with van der Waals surface area (Å²) in [5, 5.41) is 3.07. The molecule has 0 atom stereocenters. The first-order valence-electron chi connectivity index (χ1n) is 5.23. The third kappa shape index (κ3) is 3.48. The molecule has 0 bridgehead atoms. The zero-order valence-corrected chi connectivity index (χ0v) is 9.60. The Morgan fingerprint density at radius 2 is 1.87 bits per heavy atom. The lowest BCUT2D eigenvalue weighted by Gasteiger charge is -2.03. The summed E-state index contributed by atoms with van der Waals surface area (Å²) < 4.78 is 13.3. The summed E-state index contributed by atoms with van der Waals surface area (Å²) in [6, 6.07) is 3.75. The van der Waals surface area contributed by atoms with Gasteiger partial charge in [-0.25, -0.2) is 4.39 Å². The second kappa shape index (κ2) is 5.66. The summed E-state index contributed by atoms with van der Waals surface area (Å²) in [5.41, 5.74) is 2.49. The van der Waals surface area contributed by atoms with Gasteiger partial charge in [-0.2, -0.15) is 0 Å². The predicted molar refractivity (Wildman–Crippen MR) is 63.5 cm³/mol. The molecule has 0 radical (unpaired) electrons. The molecule has 1 rings (SSSR count). The molecule has 1 aromatic carbocycles. The lowest BCUT2D eigenvalue weighted by atomic mass is 10.1. The van der Waals surface area contributed by atoms with Gasteiger partial charge in [0.1, 0.15) is 5.82 Å². The van der Waals surface area contributed by atoms with Crippen molar-refractivity contribution in [1.82, 2.24) is 5.32 Å². The van der Waals surface area contributed by atoms with Gasteiger partial charge >= 0.3 is 0 Å². The third-order valence-corrected chi connectivity index (χ3v) is 2.33. The summed E-state index contributed by atoms with van der Waals surface area (Å²) in [7, 11) is 1.93. The number of hydrogen-bond donors (Lipinski definition) is 1. The molecule has 15 heavy (non-hydrogen) atoms. The van der Waals surface area contributed by atoms with E-state index in [1.54, 1.807) is 13.8 Å². The van der Waals surface area contributed by atoms with E-state index in [0.29, 0.717) is 11.1 Å². The molecule has 0 spiro atoms.